The summed E-state index contributed by atoms with van der Waals surface area (Å²) in [4.78, 5) is 9.32. The SMILES string of the molecule is CC(C)NC(=NCCCCCCN=C(NC(C)C)NC(C)C)NC(C)C. The van der Waals surface area contributed by atoms with Crippen LogP contribution >= 0.6 is 0 Å². The molecule has 0 fully saturated rings. The van der Waals surface area contributed by atoms with Crippen LogP contribution in [0.1, 0.15) is 81.1 Å². The number of hydrogen-bond donors (Lipinski definition) is 4. The van der Waals surface area contributed by atoms with Crippen molar-refractivity contribution < 1.29 is 0 Å². The fourth-order valence-corrected chi connectivity index (χ4v) is 2.32. The molecule has 6 nitrogen and oxygen atoms in total. The molecule has 0 heterocycles. The van der Waals surface area contributed by atoms with Gasteiger partial charge in [-0.15, -0.1) is 0 Å². The highest BCUT2D eigenvalue weighted by Crippen LogP contribution is 2.01. The van der Waals surface area contributed by atoms with Gasteiger partial charge < -0.3 is 21.3 Å². The highest BCUT2D eigenvalue weighted by Gasteiger charge is 2.03. The molecule has 0 aliphatic rings. The molecule has 0 aromatic rings. The van der Waals surface area contributed by atoms with E-state index in [1.807, 2.05) is 0 Å². The van der Waals surface area contributed by atoms with Crippen LogP contribution in [0.5, 0.6) is 0 Å². The molecule has 0 aliphatic heterocycles. The molecule has 0 amide bonds. The van der Waals surface area contributed by atoms with E-state index in [0.717, 1.165) is 37.9 Å². The molecule has 6 heteroatoms. The van der Waals surface area contributed by atoms with Crippen molar-refractivity contribution in [2.45, 2.75) is 105 Å². The van der Waals surface area contributed by atoms with E-state index in [-0.39, 0.29) is 0 Å². The average Bonchev–Trinajstić information content (AvgIpc) is 2.47. The van der Waals surface area contributed by atoms with Crippen molar-refractivity contribution in [3.63, 3.8) is 0 Å². The molecule has 26 heavy (non-hydrogen) atoms. The molecule has 0 aromatic carbocycles. The Morgan fingerprint density at radius 1 is 0.500 bits per heavy atom. The highest BCUT2D eigenvalue weighted by molar-refractivity contribution is 5.80. The van der Waals surface area contributed by atoms with Crippen LogP contribution in [0.4, 0.5) is 0 Å². The van der Waals surface area contributed by atoms with E-state index < -0.39 is 0 Å². The van der Waals surface area contributed by atoms with Crippen molar-refractivity contribution in [3.8, 4) is 0 Å². The number of nitrogens with one attached hydrogen (secondary N) is 4. The minimum atomic E-state index is 0.394. The summed E-state index contributed by atoms with van der Waals surface area (Å²) in [5, 5.41) is 13.5. The molecule has 0 aromatic heterocycles. The minimum Gasteiger partial charge on any atom is -0.354 e. The quantitative estimate of drug-likeness (QED) is 0.257. The van der Waals surface area contributed by atoms with E-state index in [0.29, 0.717) is 24.2 Å². The van der Waals surface area contributed by atoms with Crippen molar-refractivity contribution in [2.75, 3.05) is 13.1 Å². The van der Waals surface area contributed by atoms with Crippen LogP contribution in [-0.4, -0.2) is 49.2 Å². The standard InChI is InChI=1S/C20H44N6/c1-15(2)23-19(24-16(3)4)21-13-11-9-10-12-14-22-20(25-17(5)6)26-18(7)8/h15-18H,9-14H2,1-8H3,(H2,21,23,24)(H2,22,25,26). The summed E-state index contributed by atoms with van der Waals surface area (Å²) in [6, 6.07) is 1.58. The van der Waals surface area contributed by atoms with Crippen LogP contribution in [0.25, 0.3) is 0 Å². The van der Waals surface area contributed by atoms with E-state index in [1.165, 1.54) is 12.8 Å². The summed E-state index contributed by atoms with van der Waals surface area (Å²) in [6.07, 6.45) is 4.63. The number of rotatable bonds is 11. The Morgan fingerprint density at radius 2 is 0.769 bits per heavy atom. The van der Waals surface area contributed by atoms with Gasteiger partial charge in [0.25, 0.3) is 0 Å². The van der Waals surface area contributed by atoms with E-state index in [2.05, 4.69) is 86.6 Å². The monoisotopic (exact) mass is 368 g/mol. The predicted octanol–water partition coefficient (Wildman–Crippen LogP) is 3.25. The molecular weight excluding hydrogens is 324 g/mol. The van der Waals surface area contributed by atoms with E-state index >= 15 is 0 Å². The topological polar surface area (TPSA) is 72.8 Å². The second-order valence-electron chi connectivity index (χ2n) is 8.07. The Hall–Kier alpha value is -1.46. The van der Waals surface area contributed by atoms with Crippen molar-refractivity contribution in [2.24, 2.45) is 9.98 Å². The molecule has 0 rings (SSSR count). The number of guanidine groups is 2. The van der Waals surface area contributed by atoms with Crippen molar-refractivity contribution in [1.29, 1.82) is 0 Å². The molecule has 154 valence electrons. The Bertz CT molecular complexity index is 337. The summed E-state index contributed by atoms with van der Waals surface area (Å²) >= 11 is 0. The first kappa shape index (κ1) is 24.5. The van der Waals surface area contributed by atoms with Gasteiger partial charge in [0.15, 0.2) is 11.9 Å². The van der Waals surface area contributed by atoms with Crippen molar-refractivity contribution in [3.05, 3.63) is 0 Å². The second kappa shape index (κ2) is 14.7. The third-order valence-electron chi connectivity index (χ3n) is 3.31. The number of unbranched alkanes of at least 4 members (excludes halogenated alkanes) is 3. The third kappa shape index (κ3) is 16.0. The lowest BCUT2D eigenvalue weighted by Crippen LogP contribution is -2.44. The largest absolute Gasteiger partial charge is 0.354 e. The number of nitrogens with zero attached hydrogens (tertiary/aromatic N) is 2. The smallest absolute Gasteiger partial charge is 0.191 e. The van der Waals surface area contributed by atoms with Gasteiger partial charge in [0, 0.05) is 37.3 Å². The molecule has 0 spiro atoms. The Kier molecular flexibility index (Phi) is 13.9. The molecule has 0 atom stereocenters. The normalized spacial score (nSPS) is 11.1. The van der Waals surface area contributed by atoms with Gasteiger partial charge in [-0.3, -0.25) is 9.98 Å². The molecule has 0 saturated carbocycles. The molecule has 0 radical (unpaired) electrons. The van der Waals surface area contributed by atoms with Gasteiger partial charge in [0.1, 0.15) is 0 Å². The lowest BCUT2D eigenvalue weighted by molar-refractivity contribution is 0.626. The van der Waals surface area contributed by atoms with Gasteiger partial charge in [0.2, 0.25) is 0 Å². The van der Waals surface area contributed by atoms with Crippen molar-refractivity contribution >= 4 is 11.9 Å². The summed E-state index contributed by atoms with van der Waals surface area (Å²) in [7, 11) is 0. The van der Waals surface area contributed by atoms with Crippen LogP contribution in [0, 0.1) is 0 Å². The minimum absolute atomic E-state index is 0.394. The highest BCUT2D eigenvalue weighted by atomic mass is 15.2. The predicted molar refractivity (Wildman–Crippen MR) is 116 cm³/mol. The van der Waals surface area contributed by atoms with E-state index in [1.54, 1.807) is 0 Å². The summed E-state index contributed by atoms with van der Waals surface area (Å²) in [5.41, 5.74) is 0. The zero-order valence-electron chi connectivity index (χ0n) is 18.4. The number of hydrogen-bond acceptors (Lipinski definition) is 2. The van der Waals surface area contributed by atoms with Crippen LogP contribution < -0.4 is 21.3 Å². The molecule has 4 N–H and O–H groups in total. The Labute approximate surface area is 162 Å². The van der Waals surface area contributed by atoms with Crippen LogP contribution in [0.3, 0.4) is 0 Å². The second-order valence-corrected chi connectivity index (χ2v) is 8.07. The molecule has 0 bridgehead atoms. The van der Waals surface area contributed by atoms with E-state index in [4.69, 9.17) is 0 Å². The van der Waals surface area contributed by atoms with Crippen LogP contribution in [-0.2, 0) is 0 Å². The van der Waals surface area contributed by atoms with Gasteiger partial charge in [-0.25, -0.2) is 0 Å². The summed E-state index contributed by atoms with van der Waals surface area (Å²) in [5.74, 6) is 1.84. The van der Waals surface area contributed by atoms with Gasteiger partial charge in [-0.1, -0.05) is 12.8 Å². The summed E-state index contributed by atoms with van der Waals surface area (Å²) in [6.45, 7) is 18.8. The third-order valence-corrected chi connectivity index (χ3v) is 3.31. The van der Waals surface area contributed by atoms with Gasteiger partial charge >= 0.3 is 0 Å². The van der Waals surface area contributed by atoms with E-state index in [9.17, 15) is 0 Å². The Balaban J connectivity index is 4.05. The Morgan fingerprint density at radius 3 is 1.00 bits per heavy atom. The fourth-order valence-electron chi connectivity index (χ4n) is 2.32. The van der Waals surface area contributed by atoms with Crippen molar-refractivity contribution in [1.82, 2.24) is 21.3 Å². The number of aliphatic imine (C=N–C) groups is 2. The zero-order chi connectivity index (χ0) is 19.9. The first-order chi connectivity index (χ1) is 12.2. The van der Waals surface area contributed by atoms with Gasteiger partial charge in [0.05, 0.1) is 0 Å². The first-order valence-corrected chi connectivity index (χ1v) is 10.4. The maximum Gasteiger partial charge on any atom is 0.191 e. The fraction of sp³-hybridized carbons (Fsp3) is 0.900. The molecule has 0 unspecified atom stereocenters. The van der Waals surface area contributed by atoms with Gasteiger partial charge in [-0.05, 0) is 68.2 Å². The zero-order valence-corrected chi connectivity index (χ0v) is 18.4. The average molecular weight is 369 g/mol. The lowest BCUT2D eigenvalue weighted by atomic mass is 10.2. The summed E-state index contributed by atoms with van der Waals surface area (Å²) < 4.78 is 0. The van der Waals surface area contributed by atoms with Crippen LogP contribution in [0.2, 0.25) is 0 Å². The maximum absolute atomic E-state index is 4.66. The molecule has 0 saturated heterocycles. The van der Waals surface area contributed by atoms with Crippen LogP contribution in [0.15, 0.2) is 9.98 Å². The molecular formula is C20H44N6. The first-order valence-electron chi connectivity index (χ1n) is 10.4. The maximum atomic E-state index is 4.66. The molecule has 0 aliphatic carbocycles. The van der Waals surface area contributed by atoms with Gasteiger partial charge in [-0.2, -0.15) is 0 Å². The lowest BCUT2D eigenvalue weighted by Gasteiger charge is -2.17.